The maximum atomic E-state index is 4.04. The van der Waals surface area contributed by atoms with Crippen molar-refractivity contribution >= 4 is 0 Å². The zero-order valence-electron chi connectivity index (χ0n) is 10.4. The van der Waals surface area contributed by atoms with Crippen molar-refractivity contribution in [3.63, 3.8) is 0 Å². The van der Waals surface area contributed by atoms with Gasteiger partial charge >= 0.3 is 0 Å². The van der Waals surface area contributed by atoms with Crippen LogP contribution in [0.5, 0.6) is 0 Å². The Morgan fingerprint density at radius 2 is 1.88 bits per heavy atom. The molecular weight excluding hydrogens is 210 g/mol. The molecule has 0 aliphatic heterocycles. The summed E-state index contributed by atoms with van der Waals surface area (Å²) in [7, 11) is 0. The first-order chi connectivity index (χ1) is 8.24. The Morgan fingerprint density at radius 1 is 1.18 bits per heavy atom. The van der Waals surface area contributed by atoms with Gasteiger partial charge in [-0.25, -0.2) is 4.98 Å². The van der Waals surface area contributed by atoms with Crippen molar-refractivity contribution in [2.24, 2.45) is 0 Å². The SMILES string of the molecule is CC(C)NCc1ccc(Cn2ccnc2)cc1. The minimum absolute atomic E-state index is 0.528. The summed E-state index contributed by atoms with van der Waals surface area (Å²) in [5.41, 5.74) is 2.63. The number of nitrogens with one attached hydrogen (secondary N) is 1. The molecule has 0 unspecified atom stereocenters. The number of rotatable bonds is 5. The van der Waals surface area contributed by atoms with Crippen molar-refractivity contribution in [1.29, 1.82) is 0 Å². The number of benzene rings is 1. The van der Waals surface area contributed by atoms with Crippen molar-refractivity contribution in [3.05, 3.63) is 54.1 Å². The van der Waals surface area contributed by atoms with Gasteiger partial charge in [-0.15, -0.1) is 0 Å². The predicted octanol–water partition coefficient (Wildman–Crippen LogP) is 2.43. The smallest absolute Gasteiger partial charge is 0.0949 e. The van der Waals surface area contributed by atoms with Crippen LogP contribution < -0.4 is 5.32 Å². The fraction of sp³-hybridized carbons (Fsp3) is 0.357. The summed E-state index contributed by atoms with van der Waals surface area (Å²) < 4.78 is 2.07. The standard InChI is InChI=1S/C14H19N3/c1-12(2)16-9-13-3-5-14(6-4-13)10-17-8-7-15-11-17/h3-8,11-12,16H,9-10H2,1-2H3. The highest BCUT2D eigenvalue weighted by Gasteiger charge is 1.97. The molecular formula is C14H19N3. The third-order valence-electron chi connectivity index (χ3n) is 2.66. The molecule has 2 aromatic rings. The molecule has 3 nitrogen and oxygen atoms in total. The van der Waals surface area contributed by atoms with Gasteiger partial charge in [0.1, 0.15) is 0 Å². The van der Waals surface area contributed by atoms with Crippen LogP contribution >= 0.6 is 0 Å². The van der Waals surface area contributed by atoms with E-state index in [1.807, 2.05) is 12.5 Å². The van der Waals surface area contributed by atoms with Crippen molar-refractivity contribution in [3.8, 4) is 0 Å². The van der Waals surface area contributed by atoms with E-state index in [0.29, 0.717) is 6.04 Å². The molecule has 0 saturated heterocycles. The fourth-order valence-electron chi connectivity index (χ4n) is 1.68. The predicted molar refractivity (Wildman–Crippen MR) is 69.7 cm³/mol. The second-order valence-corrected chi connectivity index (χ2v) is 4.59. The Kier molecular flexibility index (Phi) is 3.94. The molecule has 3 heteroatoms. The van der Waals surface area contributed by atoms with Gasteiger partial charge in [0.05, 0.1) is 6.33 Å². The van der Waals surface area contributed by atoms with E-state index in [2.05, 4.69) is 53.0 Å². The molecule has 0 bridgehead atoms. The summed E-state index contributed by atoms with van der Waals surface area (Å²) in [5, 5.41) is 3.41. The molecule has 17 heavy (non-hydrogen) atoms. The van der Waals surface area contributed by atoms with E-state index >= 15 is 0 Å². The van der Waals surface area contributed by atoms with Crippen LogP contribution in [-0.2, 0) is 13.1 Å². The monoisotopic (exact) mass is 229 g/mol. The lowest BCUT2D eigenvalue weighted by molar-refractivity contribution is 0.588. The molecule has 0 aliphatic rings. The number of aromatic nitrogens is 2. The van der Waals surface area contributed by atoms with Crippen LogP contribution in [0.2, 0.25) is 0 Å². The zero-order chi connectivity index (χ0) is 12.1. The molecule has 0 amide bonds. The number of hydrogen-bond donors (Lipinski definition) is 1. The molecule has 1 N–H and O–H groups in total. The Bertz CT molecular complexity index is 429. The lowest BCUT2D eigenvalue weighted by atomic mass is 10.1. The molecule has 90 valence electrons. The van der Waals surface area contributed by atoms with Gasteiger partial charge in [0.25, 0.3) is 0 Å². The van der Waals surface area contributed by atoms with Crippen LogP contribution in [-0.4, -0.2) is 15.6 Å². The van der Waals surface area contributed by atoms with Crippen LogP contribution in [0, 0.1) is 0 Å². The maximum Gasteiger partial charge on any atom is 0.0949 e. The third kappa shape index (κ3) is 3.71. The highest BCUT2D eigenvalue weighted by atomic mass is 15.0. The van der Waals surface area contributed by atoms with Gasteiger partial charge in [0.15, 0.2) is 0 Å². The minimum Gasteiger partial charge on any atom is -0.333 e. The first-order valence-electron chi connectivity index (χ1n) is 6.01. The molecule has 0 spiro atoms. The summed E-state index contributed by atoms with van der Waals surface area (Å²) in [6.07, 6.45) is 5.63. The molecule has 0 radical (unpaired) electrons. The summed E-state index contributed by atoms with van der Waals surface area (Å²) in [5.74, 6) is 0. The average molecular weight is 229 g/mol. The van der Waals surface area contributed by atoms with Gasteiger partial charge in [0.2, 0.25) is 0 Å². The molecule has 1 heterocycles. The normalized spacial score (nSPS) is 11.0. The topological polar surface area (TPSA) is 29.9 Å². The van der Waals surface area contributed by atoms with Crippen LogP contribution in [0.1, 0.15) is 25.0 Å². The first-order valence-corrected chi connectivity index (χ1v) is 6.01. The van der Waals surface area contributed by atoms with Crippen LogP contribution in [0.4, 0.5) is 0 Å². The summed E-state index contributed by atoms with van der Waals surface area (Å²) in [6, 6.07) is 9.25. The van der Waals surface area contributed by atoms with E-state index in [9.17, 15) is 0 Å². The molecule has 1 aromatic heterocycles. The molecule has 0 aliphatic carbocycles. The maximum absolute atomic E-state index is 4.04. The first kappa shape index (κ1) is 11.9. The van der Waals surface area contributed by atoms with E-state index in [1.54, 1.807) is 6.20 Å². The Balaban J connectivity index is 1.93. The van der Waals surface area contributed by atoms with Crippen molar-refractivity contribution in [2.45, 2.75) is 33.0 Å². The van der Waals surface area contributed by atoms with E-state index in [-0.39, 0.29) is 0 Å². The van der Waals surface area contributed by atoms with Gasteiger partial charge in [-0.3, -0.25) is 0 Å². The van der Waals surface area contributed by atoms with Crippen LogP contribution in [0.25, 0.3) is 0 Å². The second kappa shape index (κ2) is 5.64. The summed E-state index contributed by atoms with van der Waals surface area (Å²) in [6.45, 7) is 6.14. The highest BCUT2D eigenvalue weighted by molar-refractivity contribution is 5.22. The van der Waals surface area contributed by atoms with Gasteiger partial charge in [-0.05, 0) is 11.1 Å². The van der Waals surface area contributed by atoms with E-state index in [4.69, 9.17) is 0 Å². The molecule has 0 fully saturated rings. The molecule has 0 saturated carbocycles. The lowest BCUT2D eigenvalue weighted by Gasteiger charge is -2.09. The van der Waals surface area contributed by atoms with Gasteiger partial charge < -0.3 is 9.88 Å². The average Bonchev–Trinajstić information content (AvgIpc) is 2.81. The van der Waals surface area contributed by atoms with Gasteiger partial charge in [-0.2, -0.15) is 0 Å². The van der Waals surface area contributed by atoms with Crippen molar-refractivity contribution in [2.75, 3.05) is 0 Å². The zero-order valence-corrected chi connectivity index (χ0v) is 10.4. The minimum atomic E-state index is 0.528. The number of imidazole rings is 1. The van der Waals surface area contributed by atoms with Crippen LogP contribution in [0.3, 0.4) is 0 Å². The highest BCUT2D eigenvalue weighted by Crippen LogP contribution is 2.06. The fourth-order valence-corrected chi connectivity index (χ4v) is 1.68. The molecule has 2 rings (SSSR count). The summed E-state index contributed by atoms with van der Waals surface area (Å²) in [4.78, 5) is 4.04. The Labute approximate surface area is 103 Å². The largest absolute Gasteiger partial charge is 0.333 e. The van der Waals surface area contributed by atoms with Crippen molar-refractivity contribution < 1.29 is 0 Å². The molecule has 0 atom stereocenters. The summed E-state index contributed by atoms with van der Waals surface area (Å²) >= 11 is 0. The van der Waals surface area contributed by atoms with Gasteiger partial charge in [0, 0.05) is 31.5 Å². The van der Waals surface area contributed by atoms with Gasteiger partial charge in [-0.1, -0.05) is 38.1 Å². The van der Waals surface area contributed by atoms with Crippen molar-refractivity contribution in [1.82, 2.24) is 14.9 Å². The Morgan fingerprint density at radius 3 is 2.47 bits per heavy atom. The quantitative estimate of drug-likeness (QED) is 0.853. The molecule has 1 aromatic carbocycles. The van der Waals surface area contributed by atoms with E-state index in [0.717, 1.165) is 13.1 Å². The second-order valence-electron chi connectivity index (χ2n) is 4.59. The van der Waals surface area contributed by atoms with E-state index in [1.165, 1.54) is 11.1 Å². The number of nitrogens with zero attached hydrogens (tertiary/aromatic N) is 2. The Hall–Kier alpha value is -1.61. The van der Waals surface area contributed by atoms with E-state index < -0.39 is 0 Å². The lowest BCUT2D eigenvalue weighted by Crippen LogP contribution is -2.21. The number of hydrogen-bond acceptors (Lipinski definition) is 2. The third-order valence-corrected chi connectivity index (χ3v) is 2.66. The van der Waals surface area contributed by atoms with Crippen LogP contribution in [0.15, 0.2) is 43.0 Å².